The van der Waals surface area contributed by atoms with Crippen LogP contribution in [0.5, 0.6) is 5.75 Å². The van der Waals surface area contributed by atoms with Crippen LogP contribution >= 0.6 is 22.9 Å². The third-order valence-corrected chi connectivity index (χ3v) is 4.90. The van der Waals surface area contributed by atoms with Crippen molar-refractivity contribution in [3.8, 4) is 5.75 Å². The first-order valence-corrected chi connectivity index (χ1v) is 7.20. The number of aromatic hydroxyl groups is 1. The minimum Gasteiger partial charge on any atom is -0.507 e. The molecule has 2 aromatic rings. The minimum absolute atomic E-state index is 0.0195. The molecule has 1 amide bonds. The zero-order valence-electron chi connectivity index (χ0n) is 10.2. The van der Waals surface area contributed by atoms with Crippen molar-refractivity contribution in [1.82, 2.24) is 0 Å². The van der Waals surface area contributed by atoms with Crippen molar-refractivity contribution in [2.45, 2.75) is 12.8 Å². The smallest absolute Gasteiger partial charge is 0.411 e. The molecule has 4 nitrogen and oxygen atoms in total. The molecule has 19 heavy (non-hydrogen) atoms. The number of phenolic OH excluding ortho intramolecular Hbond substituents is 1. The molecular weight excluding hydrogens is 286 g/mol. The van der Waals surface area contributed by atoms with E-state index >= 15 is 0 Å². The first-order chi connectivity index (χ1) is 9.02. The van der Waals surface area contributed by atoms with Crippen molar-refractivity contribution in [3.63, 3.8) is 0 Å². The number of aryl methyl sites for hydroxylation is 1. The molecule has 100 valence electrons. The molecule has 1 aliphatic heterocycles. The summed E-state index contributed by atoms with van der Waals surface area (Å²) in [5.74, 6) is 0.474. The second kappa shape index (κ2) is 4.28. The lowest BCUT2D eigenvalue weighted by Crippen LogP contribution is -2.28. The normalized spacial score (nSPS) is 18.0. The van der Waals surface area contributed by atoms with Crippen molar-refractivity contribution >= 4 is 44.8 Å². The molecule has 1 aromatic heterocycles. The van der Waals surface area contributed by atoms with Gasteiger partial charge < -0.3 is 10.2 Å². The van der Waals surface area contributed by atoms with Crippen molar-refractivity contribution in [2.24, 2.45) is 0 Å². The van der Waals surface area contributed by atoms with Crippen LogP contribution < -0.4 is 4.90 Å². The van der Waals surface area contributed by atoms with E-state index in [1.807, 2.05) is 13.0 Å². The first kappa shape index (κ1) is 12.6. The lowest BCUT2D eigenvalue weighted by atomic mass is 10.0. The molecule has 0 fully saturated rings. The standard InChI is InChI=1S/C13H12ClNO3S/c1-6-2-8-10(16)3-9-11(12(8)19-6)7(4-14)5-15(9)13(17)18/h2-3,7,16H,4-5H2,1H3,(H,17,18)/t7-/m1/s1. The summed E-state index contributed by atoms with van der Waals surface area (Å²) in [5, 5.41) is 20.1. The van der Waals surface area contributed by atoms with Crippen LogP contribution in [0.2, 0.25) is 0 Å². The zero-order valence-corrected chi connectivity index (χ0v) is 11.8. The van der Waals surface area contributed by atoms with Gasteiger partial charge in [-0.25, -0.2) is 4.79 Å². The van der Waals surface area contributed by atoms with E-state index in [-0.39, 0.29) is 11.7 Å². The van der Waals surface area contributed by atoms with Gasteiger partial charge in [-0.3, -0.25) is 4.90 Å². The number of alkyl halides is 1. The Labute approximate surface area is 118 Å². The Balaban J connectivity index is 2.34. The summed E-state index contributed by atoms with van der Waals surface area (Å²) < 4.78 is 0.946. The first-order valence-electron chi connectivity index (χ1n) is 5.85. The Morgan fingerprint density at radius 1 is 1.58 bits per heavy atom. The van der Waals surface area contributed by atoms with Gasteiger partial charge in [0.25, 0.3) is 0 Å². The monoisotopic (exact) mass is 297 g/mol. The van der Waals surface area contributed by atoms with Crippen LogP contribution in [0.15, 0.2) is 12.1 Å². The Morgan fingerprint density at radius 2 is 2.32 bits per heavy atom. The van der Waals surface area contributed by atoms with Crippen LogP contribution in [0.4, 0.5) is 10.5 Å². The van der Waals surface area contributed by atoms with E-state index in [1.165, 1.54) is 11.0 Å². The van der Waals surface area contributed by atoms with Crippen LogP contribution in [0, 0.1) is 6.92 Å². The van der Waals surface area contributed by atoms with E-state index in [1.54, 1.807) is 11.3 Å². The number of hydrogen-bond acceptors (Lipinski definition) is 3. The van der Waals surface area contributed by atoms with Crippen LogP contribution in [-0.2, 0) is 0 Å². The van der Waals surface area contributed by atoms with Gasteiger partial charge in [-0.2, -0.15) is 0 Å². The second-order valence-electron chi connectivity index (χ2n) is 4.67. The average molecular weight is 298 g/mol. The van der Waals surface area contributed by atoms with Crippen molar-refractivity contribution in [2.75, 3.05) is 17.3 Å². The topological polar surface area (TPSA) is 60.8 Å². The van der Waals surface area contributed by atoms with Gasteiger partial charge >= 0.3 is 6.09 Å². The SMILES string of the molecule is Cc1cc2c(O)cc3c(c2s1)[C@H](CCl)CN3C(=O)O. The van der Waals surface area contributed by atoms with E-state index < -0.39 is 6.09 Å². The molecule has 0 aliphatic carbocycles. The Bertz CT molecular complexity index is 682. The van der Waals surface area contributed by atoms with Crippen LogP contribution in [0.25, 0.3) is 10.1 Å². The number of hydrogen-bond donors (Lipinski definition) is 2. The fourth-order valence-electron chi connectivity index (χ4n) is 2.64. The van der Waals surface area contributed by atoms with Gasteiger partial charge in [0, 0.05) is 44.9 Å². The number of anilines is 1. The van der Waals surface area contributed by atoms with Gasteiger partial charge in [-0.05, 0) is 13.0 Å². The summed E-state index contributed by atoms with van der Waals surface area (Å²) in [6.07, 6.45) is -1.01. The fraction of sp³-hybridized carbons (Fsp3) is 0.308. The summed E-state index contributed by atoms with van der Waals surface area (Å²) in [5.41, 5.74) is 1.51. The number of phenols is 1. The van der Waals surface area contributed by atoms with Crippen molar-refractivity contribution in [3.05, 3.63) is 22.6 Å². The highest BCUT2D eigenvalue weighted by Crippen LogP contribution is 2.47. The number of fused-ring (bicyclic) bond motifs is 3. The van der Waals surface area contributed by atoms with E-state index in [2.05, 4.69) is 0 Å². The van der Waals surface area contributed by atoms with Gasteiger partial charge in [-0.15, -0.1) is 22.9 Å². The summed E-state index contributed by atoms with van der Waals surface area (Å²) in [7, 11) is 0. The van der Waals surface area contributed by atoms with Gasteiger partial charge in [0.2, 0.25) is 0 Å². The molecule has 6 heteroatoms. The summed E-state index contributed by atoms with van der Waals surface area (Å²) >= 11 is 7.54. The van der Waals surface area contributed by atoms with Gasteiger partial charge in [-0.1, -0.05) is 0 Å². The van der Waals surface area contributed by atoms with Gasteiger partial charge in [0.05, 0.1) is 5.69 Å². The molecule has 2 heterocycles. The Hall–Kier alpha value is -1.46. The predicted molar refractivity (Wildman–Crippen MR) is 77.1 cm³/mol. The quantitative estimate of drug-likeness (QED) is 0.788. The second-order valence-corrected chi connectivity index (χ2v) is 6.24. The number of carboxylic acid groups (broad SMARTS) is 1. The van der Waals surface area contributed by atoms with E-state index in [0.717, 1.165) is 20.5 Å². The number of nitrogens with zero attached hydrogens (tertiary/aromatic N) is 1. The summed E-state index contributed by atoms with van der Waals surface area (Å²) in [6, 6.07) is 3.45. The number of amides is 1. The number of benzene rings is 1. The molecule has 0 bridgehead atoms. The molecule has 2 N–H and O–H groups in total. The molecule has 0 radical (unpaired) electrons. The Kier molecular flexibility index (Phi) is 2.83. The molecule has 0 saturated heterocycles. The molecule has 0 spiro atoms. The maximum atomic E-state index is 11.3. The van der Waals surface area contributed by atoms with Crippen LogP contribution in [0.1, 0.15) is 16.4 Å². The number of rotatable bonds is 1. The molecule has 0 unspecified atom stereocenters. The number of thiophene rings is 1. The fourth-order valence-corrected chi connectivity index (χ4v) is 4.05. The molecule has 1 atom stereocenters. The molecular formula is C13H12ClNO3S. The zero-order chi connectivity index (χ0) is 13.7. The van der Waals surface area contributed by atoms with E-state index in [0.29, 0.717) is 18.1 Å². The van der Waals surface area contributed by atoms with Gasteiger partial charge in [0.15, 0.2) is 0 Å². The van der Waals surface area contributed by atoms with Crippen molar-refractivity contribution < 1.29 is 15.0 Å². The predicted octanol–water partition coefficient (Wildman–Crippen LogP) is 3.74. The van der Waals surface area contributed by atoms with E-state index in [9.17, 15) is 15.0 Å². The number of halogens is 1. The highest BCUT2D eigenvalue weighted by Gasteiger charge is 2.35. The maximum absolute atomic E-state index is 11.3. The molecule has 1 aliphatic rings. The average Bonchev–Trinajstić information content (AvgIpc) is 2.89. The third kappa shape index (κ3) is 1.76. The number of carbonyl (C=O) groups is 1. The van der Waals surface area contributed by atoms with Crippen molar-refractivity contribution in [1.29, 1.82) is 0 Å². The highest BCUT2D eigenvalue weighted by atomic mass is 35.5. The summed E-state index contributed by atoms with van der Waals surface area (Å²) in [6.45, 7) is 2.32. The molecule has 3 rings (SSSR count). The third-order valence-electron chi connectivity index (χ3n) is 3.44. The summed E-state index contributed by atoms with van der Waals surface area (Å²) in [4.78, 5) is 13.6. The van der Waals surface area contributed by atoms with Gasteiger partial charge in [0.1, 0.15) is 5.75 Å². The largest absolute Gasteiger partial charge is 0.507 e. The molecule has 0 saturated carbocycles. The lowest BCUT2D eigenvalue weighted by Gasteiger charge is -2.13. The molecule has 1 aromatic carbocycles. The minimum atomic E-state index is -1.01. The van der Waals surface area contributed by atoms with Crippen LogP contribution in [0.3, 0.4) is 0 Å². The Morgan fingerprint density at radius 3 is 2.95 bits per heavy atom. The van der Waals surface area contributed by atoms with Crippen LogP contribution in [-0.4, -0.2) is 28.7 Å². The lowest BCUT2D eigenvalue weighted by molar-refractivity contribution is 0.202. The maximum Gasteiger partial charge on any atom is 0.411 e. The van der Waals surface area contributed by atoms with E-state index in [4.69, 9.17) is 11.6 Å². The highest BCUT2D eigenvalue weighted by molar-refractivity contribution is 7.19.